The number of benzene rings is 1. The van der Waals surface area contributed by atoms with Gasteiger partial charge in [0.15, 0.2) is 0 Å². The van der Waals surface area contributed by atoms with Crippen molar-refractivity contribution in [2.45, 2.75) is 12.7 Å². The molecule has 3 N–H and O–H groups in total. The van der Waals surface area contributed by atoms with Crippen LogP contribution in [0, 0.1) is 0 Å². The number of hydrogen-bond donors (Lipinski definition) is 2. The van der Waals surface area contributed by atoms with E-state index in [1.807, 2.05) is 0 Å². The monoisotopic (exact) mass is 311 g/mol. The van der Waals surface area contributed by atoms with Crippen LogP contribution in [0.5, 0.6) is 5.75 Å². The second kappa shape index (κ2) is 6.88. The molecule has 4 nitrogen and oxygen atoms in total. The maximum Gasteiger partial charge on any atom is 0.387 e. The summed E-state index contributed by atoms with van der Waals surface area (Å²) in [6, 6.07) is 4.04. The van der Waals surface area contributed by atoms with E-state index in [1.54, 1.807) is 12.1 Å². The fourth-order valence-corrected chi connectivity index (χ4v) is 1.98. The standard InChI is InChI=1S/C11H12ClF2N3O.ClH/c12-7-3-1-2-6(9(7)18-11(13)14)8(15)10-16-4-5-17-10;/h1-3,8,11H,4-5,15H2,(H,16,17);1H. The van der Waals surface area contributed by atoms with E-state index in [0.717, 1.165) is 0 Å². The highest BCUT2D eigenvalue weighted by Gasteiger charge is 2.23. The molecule has 0 saturated heterocycles. The fourth-order valence-electron chi connectivity index (χ4n) is 1.76. The number of hydrogen-bond acceptors (Lipinski definition) is 4. The first kappa shape index (κ1) is 15.9. The van der Waals surface area contributed by atoms with Crippen molar-refractivity contribution in [2.24, 2.45) is 10.7 Å². The average molecular weight is 312 g/mol. The summed E-state index contributed by atoms with van der Waals surface area (Å²) in [6.45, 7) is -1.64. The maximum absolute atomic E-state index is 12.4. The highest BCUT2D eigenvalue weighted by Crippen LogP contribution is 2.33. The van der Waals surface area contributed by atoms with Crippen molar-refractivity contribution in [1.82, 2.24) is 5.32 Å². The second-order valence-electron chi connectivity index (χ2n) is 3.71. The zero-order valence-corrected chi connectivity index (χ0v) is 11.3. The lowest BCUT2D eigenvalue weighted by molar-refractivity contribution is -0.0504. The molecule has 1 aliphatic rings. The van der Waals surface area contributed by atoms with E-state index in [4.69, 9.17) is 17.3 Å². The van der Waals surface area contributed by atoms with Gasteiger partial charge in [-0.25, -0.2) is 0 Å². The van der Waals surface area contributed by atoms with Crippen molar-refractivity contribution in [2.75, 3.05) is 13.1 Å². The molecule has 0 saturated carbocycles. The van der Waals surface area contributed by atoms with Gasteiger partial charge in [-0.2, -0.15) is 8.78 Å². The summed E-state index contributed by atoms with van der Waals surface area (Å²) in [5.41, 5.74) is 6.35. The Bertz CT molecular complexity index is 471. The third-order valence-corrected chi connectivity index (χ3v) is 2.83. The molecule has 1 atom stereocenters. The number of para-hydroxylation sites is 1. The van der Waals surface area contributed by atoms with E-state index in [1.165, 1.54) is 6.07 Å². The Labute approximate surface area is 120 Å². The van der Waals surface area contributed by atoms with Gasteiger partial charge < -0.3 is 15.8 Å². The number of ether oxygens (including phenoxy) is 1. The van der Waals surface area contributed by atoms with Gasteiger partial charge in [0.1, 0.15) is 11.6 Å². The van der Waals surface area contributed by atoms with Crippen LogP contribution in [-0.2, 0) is 0 Å². The SMILES string of the molecule is Cl.NC(C1=NCCN1)c1cccc(Cl)c1OC(F)F. The highest BCUT2D eigenvalue weighted by atomic mass is 35.5. The Hall–Kier alpha value is -1.11. The van der Waals surface area contributed by atoms with Crippen molar-refractivity contribution >= 4 is 29.8 Å². The van der Waals surface area contributed by atoms with E-state index in [-0.39, 0.29) is 23.2 Å². The predicted molar refractivity (Wildman–Crippen MR) is 72.6 cm³/mol. The van der Waals surface area contributed by atoms with E-state index in [2.05, 4.69) is 15.0 Å². The second-order valence-corrected chi connectivity index (χ2v) is 4.12. The molecule has 1 aromatic rings. The molecule has 0 bridgehead atoms. The van der Waals surface area contributed by atoms with Gasteiger partial charge in [-0.05, 0) is 6.07 Å². The molecule has 1 heterocycles. The zero-order chi connectivity index (χ0) is 13.1. The third kappa shape index (κ3) is 3.68. The molecule has 2 rings (SSSR count). The van der Waals surface area contributed by atoms with E-state index in [9.17, 15) is 8.78 Å². The number of halogens is 4. The summed E-state index contributed by atoms with van der Waals surface area (Å²) in [7, 11) is 0. The van der Waals surface area contributed by atoms with Crippen molar-refractivity contribution in [3.8, 4) is 5.75 Å². The average Bonchev–Trinajstić information content (AvgIpc) is 2.84. The Balaban J connectivity index is 0.00000180. The summed E-state index contributed by atoms with van der Waals surface area (Å²) in [4.78, 5) is 4.16. The molecular weight excluding hydrogens is 299 g/mol. The van der Waals surface area contributed by atoms with Crippen LogP contribution < -0.4 is 15.8 Å². The highest BCUT2D eigenvalue weighted by molar-refractivity contribution is 6.32. The number of nitrogens with zero attached hydrogens (tertiary/aromatic N) is 1. The normalized spacial score (nSPS) is 15.5. The molecule has 1 aliphatic heterocycles. The quantitative estimate of drug-likeness (QED) is 0.897. The lowest BCUT2D eigenvalue weighted by Gasteiger charge is -2.18. The number of alkyl halides is 2. The molecule has 1 aromatic carbocycles. The molecule has 0 amide bonds. The molecule has 106 valence electrons. The number of nitrogens with two attached hydrogens (primary N) is 1. The van der Waals surface area contributed by atoms with E-state index >= 15 is 0 Å². The minimum Gasteiger partial charge on any atom is -0.433 e. The van der Waals surface area contributed by atoms with Gasteiger partial charge in [0.25, 0.3) is 0 Å². The van der Waals surface area contributed by atoms with Crippen LogP contribution in [0.2, 0.25) is 5.02 Å². The van der Waals surface area contributed by atoms with Crippen LogP contribution in [0.15, 0.2) is 23.2 Å². The maximum atomic E-state index is 12.4. The number of aliphatic imine (C=N–C) groups is 1. The summed E-state index contributed by atoms with van der Waals surface area (Å²) in [5, 5.41) is 3.09. The number of rotatable bonds is 4. The number of amidine groups is 1. The molecule has 0 aliphatic carbocycles. The Kier molecular flexibility index (Phi) is 5.78. The Morgan fingerprint density at radius 3 is 2.74 bits per heavy atom. The summed E-state index contributed by atoms with van der Waals surface area (Å²) in [5.74, 6) is 0.453. The molecule has 0 radical (unpaired) electrons. The predicted octanol–water partition coefficient (Wildman–Crippen LogP) is 2.36. The summed E-state index contributed by atoms with van der Waals surface area (Å²) < 4.78 is 29.1. The van der Waals surface area contributed by atoms with Crippen LogP contribution in [0.1, 0.15) is 11.6 Å². The van der Waals surface area contributed by atoms with Gasteiger partial charge in [-0.1, -0.05) is 23.7 Å². The van der Waals surface area contributed by atoms with Gasteiger partial charge in [0.2, 0.25) is 0 Å². The third-order valence-electron chi connectivity index (χ3n) is 2.53. The van der Waals surface area contributed by atoms with Crippen molar-refractivity contribution < 1.29 is 13.5 Å². The first-order valence-corrected chi connectivity index (χ1v) is 5.74. The molecule has 0 spiro atoms. The smallest absolute Gasteiger partial charge is 0.387 e. The minimum absolute atomic E-state index is 0. The first-order chi connectivity index (χ1) is 8.59. The van der Waals surface area contributed by atoms with Gasteiger partial charge in [0, 0.05) is 12.1 Å². The largest absolute Gasteiger partial charge is 0.433 e. The lowest BCUT2D eigenvalue weighted by Crippen LogP contribution is -2.31. The lowest BCUT2D eigenvalue weighted by atomic mass is 10.1. The molecular formula is C11H13Cl2F2N3O. The van der Waals surface area contributed by atoms with Crippen molar-refractivity contribution in [3.63, 3.8) is 0 Å². The van der Waals surface area contributed by atoms with E-state index in [0.29, 0.717) is 24.5 Å². The van der Waals surface area contributed by atoms with Crippen molar-refractivity contribution in [1.29, 1.82) is 0 Å². The van der Waals surface area contributed by atoms with Crippen molar-refractivity contribution in [3.05, 3.63) is 28.8 Å². The molecule has 8 heteroatoms. The molecule has 1 unspecified atom stereocenters. The first-order valence-electron chi connectivity index (χ1n) is 5.36. The van der Waals surface area contributed by atoms with Crippen LogP contribution in [-0.4, -0.2) is 25.5 Å². The molecule has 0 fully saturated rings. The zero-order valence-electron chi connectivity index (χ0n) is 9.78. The van der Waals surface area contributed by atoms with Crippen LogP contribution in [0.25, 0.3) is 0 Å². The minimum atomic E-state index is -2.95. The Morgan fingerprint density at radius 1 is 1.42 bits per heavy atom. The van der Waals surface area contributed by atoms with Gasteiger partial charge in [-0.15, -0.1) is 12.4 Å². The van der Waals surface area contributed by atoms with Gasteiger partial charge in [0.05, 0.1) is 17.6 Å². The summed E-state index contributed by atoms with van der Waals surface area (Å²) >= 11 is 5.85. The fraction of sp³-hybridized carbons (Fsp3) is 0.364. The topological polar surface area (TPSA) is 59.6 Å². The van der Waals surface area contributed by atoms with Crippen LogP contribution >= 0.6 is 24.0 Å². The number of nitrogens with one attached hydrogen (secondary N) is 1. The molecule has 0 aromatic heterocycles. The van der Waals surface area contributed by atoms with E-state index < -0.39 is 12.7 Å². The Morgan fingerprint density at radius 2 is 2.16 bits per heavy atom. The molecule has 19 heavy (non-hydrogen) atoms. The van der Waals surface area contributed by atoms with Gasteiger partial charge in [-0.3, -0.25) is 4.99 Å². The van der Waals surface area contributed by atoms with Crippen LogP contribution in [0.3, 0.4) is 0 Å². The van der Waals surface area contributed by atoms with Crippen LogP contribution in [0.4, 0.5) is 8.78 Å². The van der Waals surface area contributed by atoms with Gasteiger partial charge >= 0.3 is 6.61 Å². The summed E-state index contributed by atoms with van der Waals surface area (Å²) in [6.07, 6.45) is 0.